The van der Waals surface area contributed by atoms with Crippen molar-refractivity contribution in [2.24, 2.45) is 0 Å². The Morgan fingerprint density at radius 2 is 2.16 bits per heavy atom. The molecule has 0 aliphatic carbocycles. The lowest BCUT2D eigenvalue weighted by atomic mass is 10.2. The van der Waals surface area contributed by atoms with Gasteiger partial charge in [-0.15, -0.1) is 5.10 Å². The molecule has 3 rings (SSSR count). The number of rotatable bonds is 3. The molecule has 0 radical (unpaired) electrons. The van der Waals surface area contributed by atoms with Gasteiger partial charge in [-0.1, -0.05) is 6.07 Å². The van der Waals surface area contributed by atoms with Crippen molar-refractivity contribution in [3.63, 3.8) is 0 Å². The molecule has 0 spiro atoms. The highest BCUT2D eigenvalue weighted by molar-refractivity contribution is 7.92. The first-order valence-corrected chi connectivity index (χ1v) is 7.17. The smallest absolute Gasteiger partial charge is 0.264 e. The first kappa shape index (κ1) is 11.8. The van der Waals surface area contributed by atoms with Crippen molar-refractivity contribution in [2.75, 3.05) is 16.6 Å². The van der Waals surface area contributed by atoms with Gasteiger partial charge in [-0.3, -0.25) is 0 Å². The molecule has 0 unspecified atom stereocenters. The Hall–Kier alpha value is -2.22. The summed E-state index contributed by atoms with van der Waals surface area (Å²) >= 11 is 0. The molecule has 0 saturated carbocycles. The van der Waals surface area contributed by atoms with Gasteiger partial charge in [0.15, 0.2) is 0 Å². The van der Waals surface area contributed by atoms with Crippen LogP contribution < -0.4 is 10.0 Å². The Balaban J connectivity index is 1.92. The highest BCUT2D eigenvalue weighted by atomic mass is 32.2. The van der Waals surface area contributed by atoms with Gasteiger partial charge in [-0.25, -0.2) is 18.1 Å². The van der Waals surface area contributed by atoms with E-state index < -0.39 is 10.0 Å². The number of fused-ring (bicyclic) bond motifs is 1. The van der Waals surface area contributed by atoms with E-state index in [1.54, 1.807) is 12.1 Å². The first-order valence-electron chi connectivity index (χ1n) is 5.68. The SMILES string of the molecule is O=S(=O)(Nc1nccnn1)c1ccc2c(c1)NCC2. The molecule has 0 saturated heterocycles. The average molecular weight is 277 g/mol. The van der Waals surface area contributed by atoms with Gasteiger partial charge in [-0.2, -0.15) is 5.10 Å². The summed E-state index contributed by atoms with van der Waals surface area (Å²) in [6.07, 6.45) is 3.65. The second-order valence-corrected chi connectivity index (χ2v) is 5.75. The summed E-state index contributed by atoms with van der Waals surface area (Å²) in [5.41, 5.74) is 1.98. The van der Waals surface area contributed by atoms with Gasteiger partial charge in [0.2, 0.25) is 0 Å². The second-order valence-electron chi connectivity index (χ2n) is 4.07. The molecule has 0 fully saturated rings. The molecule has 1 aliphatic rings. The minimum atomic E-state index is -3.69. The zero-order chi connectivity index (χ0) is 13.3. The molecule has 19 heavy (non-hydrogen) atoms. The maximum atomic E-state index is 12.2. The van der Waals surface area contributed by atoms with Crippen LogP contribution in [0, 0.1) is 0 Å². The topological polar surface area (TPSA) is 96.9 Å². The van der Waals surface area contributed by atoms with Gasteiger partial charge < -0.3 is 5.32 Å². The number of anilines is 2. The number of hydrogen-bond donors (Lipinski definition) is 2. The normalized spacial score (nSPS) is 13.7. The molecular weight excluding hydrogens is 266 g/mol. The fourth-order valence-electron chi connectivity index (χ4n) is 1.91. The maximum Gasteiger partial charge on any atom is 0.264 e. The molecular formula is C11H11N5O2S. The fourth-order valence-corrected chi connectivity index (χ4v) is 2.88. The van der Waals surface area contributed by atoms with Crippen molar-refractivity contribution in [1.82, 2.24) is 15.2 Å². The van der Waals surface area contributed by atoms with Crippen molar-refractivity contribution in [3.8, 4) is 0 Å². The van der Waals surface area contributed by atoms with Crippen LogP contribution in [-0.2, 0) is 16.4 Å². The molecule has 1 aromatic heterocycles. The third-order valence-electron chi connectivity index (χ3n) is 2.81. The number of benzene rings is 1. The van der Waals surface area contributed by atoms with Crippen LogP contribution in [0.2, 0.25) is 0 Å². The molecule has 1 aliphatic heterocycles. The minimum absolute atomic E-state index is 0.0454. The van der Waals surface area contributed by atoms with E-state index in [0.29, 0.717) is 0 Å². The van der Waals surface area contributed by atoms with Crippen molar-refractivity contribution in [2.45, 2.75) is 11.3 Å². The summed E-state index contributed by atoms with van der Waals surface area (Å²) < 4.78 is 26.6. The van der Waals surface area contributed by atoms with Crippen molar-refractivity contribution in [1.29, 1.82) is 0 Å². The van der Waals surface area contributed by atoms with E-state index in [0.717, 1.165) is 24.2 Å². The maximum absolute atomic E-state index is 12.2. The number of aromatic nitrogens is 3. The zero-order valence-electron chi connectivity index (χ0n) is 9.87. The molecule has 2 aromatic rings. The van der Waals surface area contributed by atoms with E-state index in [4.69, 9.17) is 0 Å². The van der Waals surface area contributed by atoms with Crippen LogP contribution in [0.1, 0.15) is 5.56 Å². The van der Waals surface area contributed by atoms with Gasteiger partial charge in [0.1, 0.15) is 0 Å². The van der Waals surface area contributed by atoms with Crippen LogP contribution >= 0.6 is 0 Å². The quantitative estimate of drug-likeness (QED) is 0.854. The van der Waals surface area contributed by atoms with E-state index >= 15 is 0 Å². The summed E-state index contributed by atoms with van der Waals surface area (Å²) in [6.45, 7) is 0.831. The molecule has 1 aromatic carbocycles. The van der Waals surface area contributed by atoms with Crippen molar-refractivity contribution < 1.29 is 8.42 Å². The molecule has 7 nitrogen and oxygen atoms in total. The van der Waals surface area contributed by atoms with Gasteiger partial charge >= 0.3 is 0 Å². The lowest BCUT2D eigenvalue weighted by molar-refractivity contribution is 0.600. The van der Waals surface area contributed by atoms with Crippen molar-refractivity contribution in [3.05, 3.63) is 36.2 Å². The third kappa shape index (κ3) is 2.34. The highest BCUT2D eigenvalue weighted by Gasteiger charge is 2.19. The Morgan fingerprint density at radius 3 is 2.95 bits per heavy atom. The van der Waals surface area contributed by atoms with E-state index in [1.165, 1.54) is 12.4 Å². The zero-order valence-corrected chi connectivity index (χ0v) is 10.7. The Kier molecular flexibility index (Phi) is 2.79. The van der Waals surface area contributed by atoms with Crippen LogP contribution in [0.25, 0.3) is 0 Å². The van der Waals surface area contributed by atoms with Gasteiger partial charge in [0.25, 0.3) is 16.0 Å². The minimum Gasteiger partial charge on any atom is -0.384 e. The summed E-state index contributed by atoms with van der Waals surface area (Å²) in [6, 6.07) is 5.00. The van der Waals surface area contributed by atoms with Crippen LogP contribution in [0.3, 0.4) is 0 Å². The van der Waals surface area contributed by atoms with Gasteiger partial charge in [0, 0.05) is 12.2 Å². The standard InChI is InChI=1S/C11H11N5O2S/c17-19(18,16-11-13-5-6-14-15-11)9-2-1-8-3-4-12-10(8)7-9/h1-2,5-7,12H,3-4H2,(H,13,15,16). The highest BCUT2D eigenvalue weighted by Crippen LogP contribution is 2.25. The van der Waals surface area contributed by atoms with Crippen LogP contribution in [-0.4, -0.2) is 30.1 Å². The Morgan fingerprint density at radius 1 is 1.26 bits per heavy atom. The fraction of sp³-hybridized carbons (Fsp3) is 0.182. The number of hydrogen-bond acceptors (Lipinski definition) is 6. The average Bonchev–Trinajstić information content (AvgIpc) is 2.86. The van der Waals surface area contributed by atoms with Gasteiger partial charge in [-0.05, 0) is 24.1 Å². The first-order chi connectivity index (χ1) is 9.15. The molecule has 8 heteroatoms. The lowest BCUT2D eigenvalue weighted by Crippen LogP contribution is -2.15. The monoisotopic (exact) mass is 277 g/mol. The summed E-state index contributed by atoms with van der Waals surface area (Å²) in [5.74, 6) is -0.0454. The van der Waals surface area contributed by atoms with Crippen LogP contribution in [0.15, 0.2) is 35.5 Å². The Labute approximate surface area is 110 Å². The van der Waals surface area contributed by atoms with Crippen LogP contribution in [0.4, 0.5) is 11.6 Å². The Bertz CT molecular complexity index is 702. The summed E-state index contributed by atoms with van der Waals surface area (Å²) in [4.78, 5) is 3.96. The number of sulfonamides is 1. The van der Waals surface area contributed by atoms with E-state index in [1.807, 2.05) is 6.07 Å². The van der Waals surface area contributed by atoms with E-state index in [9.17, 15) is 8.42 Å². The number of nitrogens with one attached hydrogen (secondary N) is 2. The van der Waals surface area contributed by atoms with Crippen molar-refractivity contribution >= 4 is 21.7 Å². The molecule has 0 bridgehead atoms. The predicted molar refractivity (Wildman–Crippen MR) is 69.3 cm³/mol. The largest absolute Gasteiger partial charge is 0.384 e. The van der Waals surface area contributed by atoms with E-state index in [2.05, 4.69) is 25.2 Å². The summed E-state index contributed by atoms with van der Waals surface area (Å²) in [5, 5.41) is 10.3. The molecule has 0 amide bonds. The molecule has 2 heterocycles. The molecule has 2 N–H and O–H groups in total. The van der Waals surface area contributed by atoms with Crippen LogP contribution in [0.5, 0.6) is 0 Å². The lowest BCUT2D eigenvalue weighted by Gasteiger charge is -2.07. The third-order valence-corrected chi connectivity index (χ3v) is 4.14. The predicted octanol–water partition coefficient (Wildman–Crippen LogP) is 0.640. The number of nitrogens with zero attached hydrogens (tertiary/aromatic N) is 3. The van der Waals surface area contributed by atoms with E-state index in [-0.39, 0.29) is 10.8 Å². The molecule has 0 atom stereocenters. The second kappa shape index (κ2) is 4.47. The summed E-state index contributed by atoms with van der Waals surface area (Å²) in [7, 11) is -3.69. The van der Waals surface area contributed by atoms with Gasteiger partial charge in [0.05, 0.1) is 17.3 Å². The molecule has 98 valence electrons.